The van der Waals surface area contributed by atoms with Gasteiger partial charge in [-0.1, -0.05) is 19.8 Å². The lowest BCUT2D eigenvalue weighted by molar-refractivity contribution is 0.744. The highest BCUT2D eigenvalue weighted by atomic mass is 127. The molecule has 0 amide bonds. The molecular formula is C11H17IN2. The van der Waals surface area contributed by atoms with Crippen molar-refractivity contribution in [2.75, 3.05) is 17.6 Å². The molecule has 14 heavy (non-hydrogen) atoms. The number of nitrogens with one attached hydrogen (secondary N) is 1. The molecule has 1 rings (SSSR count). The summed E-state index contributed by atoms with van der Waals surface area (Å²) in [7, 11) is 0. The number of hydrogen-bond donors (Lipinski definition) is 2. The van der Waals surface area contributed by atoms with Gasteiger partial charge in [0.25, 0.3) is 0 Å². The summed E-state index contributed by atoms with van der Waals surface area (Å²) >= 11 is 2.27. The molecule has 0 atom stereocenters. The second kappa shape index (κ2) is 6.11. The Labute approximate surface area is 99.4 Å². The van der Waals surface area contributed by atoms with Gasteiger partial charge in [-0.2, -0.15) is 0 Å². The van der Waals surface area contributed by atoms with Crippen molar-refractivity contribution in [2.45, 2.75) is 26.2 Å². The van der Waals surface area contributed by atoms with Crippen molar-refractivity contribution in [1.82, 2.24) is 0 Å². The molecule has 3 N–H and O–H groups in total. The molecule has 78 valence electrons. The fraction of sp³-hybridized carbons (Fsp3) is 0.455. The molecule has 0 aliphatic carbocycles. The Hall–Kier alpha value is -0.450. The first-order chi connectivity index (χ1) is 6.74. The van der Waals surface area contributed by atoms with Crippen molar-refractivity contribution in [1.29, 1.82) is 0 Å². The van der Waals surface area contributed by atoms with Gasteiger partial charge in [0.2, 0.25) is 0 Å². The summed E-state index contributed by atoms with van der Waals surface area (Å²) in [5.41, 5.74) is 7.77. The smallest absolute Gasteiger partial charge is 0.0574 e. The zero-order valence-corrected chi connectivity index (χ0v) is 10.7. The van der Waals surface area contributed by atoms with Crippen LogP contribution in [0.15, 0.2) is 18.2 Å². The topological polar surface area (TPSA) is 38.0 Å². The van der Waals surface area contributed by atoms with E-state index in [1.54, 1.807) is 0 Å². The SMILES string of the molecule is CCCCCNc1ccc(I)cc1N. The summed E-state index contributed by atoms with van der Waals surface area (Å²) in [5.74, 6) is 0. The van der Waals surface area contributed by atoms with E-state index in [0.717, 1.165) is 17.9 Å². The van der Waals surface area contributed by atoms with Gasteiger partial charge in [0.05, 0.1) is 11.4 Å². The third kappa shape index (κ3) is 3.74. The van der Waals surface area contributed by atoms with Crippen LogP contribution in [0.3, 0.4) is 0 Å². The van der Waals surface area contributed by atoms with Crippen LogP contribution in [0.1, 0.15) is 26.2 Å². The lowest BCUT2D eigenvalue weighted by atomic mass is 10.2. The van der Waals surface area contributed by atoms with Crippen LogP contribution < -0.4 is 11.1 Å². The van der Waals surface area contributed by atoms with Crippen molar-refractivity contribution >= 4 is 34.0 Å². The van der Waals surface area contributed by atoms with Gasteiger partial charge < -0.3 is 11.1 Å². The maximum Gasteiger partial charge on any atom is 0.0574 e. The molecule has 0 radical (unpaired) electrons. The van der Waals surface area contributed by atoms with E-state index in [1.807, 2.05) is 12.1 Å². The maximum absolute atomic E-state index is 5.87. The molecule has 0 spiro atoms. The highest BCUT2D eigenvalue weighted by Gasteiger charge is 1.97. The number of unbranched alkanes of at least 4 members (excludes halogenated alkanes) is 2. The van der Waals surface area contributed by atoms with E-state index < -0.39 is 0 Å². The molecule has 0 heterocycles. The number of rotatable bonds is 5. The van der Waals surface area contributed by atoms with Gasteiger partial charge in [0, 0.05) is 10.1 Å². The summed E-state index contributed by atoms with van der Waals surface area (Å²) in [6.45, 7) is 3.22. The van der Waals surface area contributed by atoms with Crippen LogP contribution in [0.25, 0.3) is 0 Å². The van der Waals surface area contributed by atoms with Crippen LogP contribution in [0, 0.1) is 3.57 Å². The fourth-order valence-corrected chi connectivity index (χ4v) is 1.81. The summed E-state index contributed by atoms with van der Waals surface area (Å²) in [6, 6.07) is 6.10. The molecule has 0 unspecified atom stereocenters. The van der Waals surface area contributed by atoms with Gasteiger partial charge in [-0.3, -0.25) is 0 Å². The summed E-state index contributed by atoms with van der Waals surface area (Å²) < 4.78 is 1.18. The zero-order chi connectivity index (χ0) is 10.4. The Morgan fingerprint density at radius 2 is 2.14 bits per heavy atom. The molecule has 2 nitrogen and oxygen atoms in total. The predicted molar refractivity (Wildman–Crippen MR) is 71.6 cm³/mol. The normalized spacial score (nSPS) is 10.1. The fourth-order valence-electron chi connectivity index (χ4n) is 1.29. The van der Waals surface area contributed by atoms with E-state index in [2.05, 4.69) is 40.9 Å². The molecule has 1 aromatic carbocycles. The minimum absolute atomic E-state index is 0.841. The summed E-state index contributed by atoms with van der Waals surface area (Å²) in [6.07, 6.45) is 3.74. The maximum atomic E-state index is 5.87. The second-order valence-corrected chi connectivity index (χ2v) is 4.61. The van der Waals surface area contributed by atoms with Crippen molar-refractivity contribution in [3.05, 3.63) is 21.8 Å². The van der Waals surface area contributed by atoms with E-state index in [0.29, 0.717) is 0 Å². The van der Waals surface area contributed by atoms with E-state index in [4.69, 9.17) is 5.73 Å². The second-order valence-electron chi connectivity index (χ2n) is 3.37. The van der Waals surface area contributed by atoms with E-state index in [-0.39, 0.29) is 0 Å². The molecule has 0 saturated heterocycles. The largest absolute Gasteiger partial charge is 0.397 e. The molecule has 1 aromatic rings. The average Bonchev–Trinajstić information content (AvgIpc) is 2.15. The molecule has 0 aliphatic heterocycles. The standard InChI is InChI=1S/C11H17IN2/c1-2-3-4-7-14-11-6-5-9(12)8-10(11)13/h5-6,8,14H,2-4,7,13H2,1H3. The lowest BCUT2D eigenvalue weighted by Gasteiger charge is -2.08. The quantitative estimate of drug-likeness (QED) is 0.496. The molecule has 3 heteroatoms. The van der Waals surface area contributed by atoms with Crippen LogP contribution in [-0.4, -0.2) is 6.54 Å². The lowest BCUT2D eigenvalue weighted by Crippen LogP contribution is -2.04. The number of benzene rings is 1. The molecule has 0 aliphatic rings. The highest BCUT2D eigenvalue weighted by molar-refractivity contribution is 14.1. The van der Waals surface area contributed by atoms with Crippen molar-refractivity contribution in [3.8, 4) is 0 Å². The predicted octanol–water partition coefficient (Wildman–Crippen LogP) is 3.48. The molecular weight excluding hydrogens is 287 g/mol. The highest BCUT2D eigenvalue weighted by Crippen LogP contribution is 2.20. The first kappa shape index (κ1) is 11.6. The number of halogens is 1. The van der Waals surface area contributed by atoms with Gasteiger partial charge in [-0.25, -0.2) is 0 Å². The zero-order valence-electron chi connectivity index (χ0n) is 8.52. The molecule has 0 bridgehead atoms. The first-order valence-corrected chi connectivity index (χ1v) is 6.11. The van der Waals surface area contributed by atoms with Gasteiger partial charge in [0.15, 0.2) is 0 Å². The van der Waals surface area contributed by atoms with Crippen molar-refractivity contribution in [3.63, 3.8) is 0 Å². The molecule has 0 aromatic heterocycles. The molecule has 0 saturated carbocycles. The van der Waals surface area contributed by atoms with E-state index >= 15 is 0 Å². The molecule has 0 fully saturated rings. The third-order valence-electron chi connectivity index (χ3n) is 2.11. The van der Waals surface area contributed by atoms with Gasteiger partial charge in [-0.15, -0.1) is 0 Å². The van der Waals surface area contributed by atoms with Gasteiger partial charge >= 0.3 is 0 Å². The number of anilines is 2. The number of hydrogen-bond acceptors (Lipinski definition) is 2. The Kier molecular flexibility index (Phi) is 5.07. The minimum Gasteiger partial charge on any atom is -0.397 e. The van der Waals surface area contributed by atoms with E-state index in [9.17, 15) is 0 Å². The van der Waals surface area contributed by atoms with Gasteiger partial charge in [-0.05, 0) is 47.2 Å². The Bertz CT molecular complexity index is 287. The van der Waals surface area contributed by atoms with Crippen LogP contribution in [0.5, 0.6) is 0 Å². The van der Waals surface area contributed by atoms with Crippen molar-refractivity contribution < 1.29 is 0 Å². The first-order valence-electron chi connectivity index (χ1n) is 5.03. The van der Waals surface area contributed by atoms with Crippen LogP contribution in [0.2, 0.25) is 0 Å². The average molecular weight is 304 g/mol. The van der Waals surface area contributed by atoms with Gasteiger partial charge in [0.1, 0.15) is 0 Å². The Balaban J connectivity index is 2.42. The number of nitrogen functional groups attached to an aromatic ring is 1. The third-order valence-corrected chi connectivity index (χ3v) is 2.78. The Morgan fingerprint density at radius 1 is 1.36 bits per heavy atom. The van der Waals surface area contributed by atoms with Crippen LogP contribution in [0.4, 0.5) is 11.4 Å². The Morgan fingerprint density at radius 3 is 2.79 bits per heavy atom. The van der Waals surface area contributed by atoms with Crippen molar-refractivity contribution in [2.24, 2.45) is 0 Å². The minimum atomic E-state index is 0.841. The number of nitrogens with two attached hydrogens (primary N) is 1. The van der Waals surface area contributed by atoms with Crippen LogP contribution >= 0.6 is 22.6 Å². The monoisotopic (exact) mass is 304 g/mol. The summed E-state index contributed by atoms with van der Waals surface area (Å²) in [4.78, 5) is 0. The van der Waals surface area contributed by atoms with E-state index in [1.165, 1.54) is 22.8 Å². The van der Waals surface area contributed by atoms with Crippen LogP contribution in [-0.2, 0) is 0 Å². The summed E-state index contributed by atoms with van der Waals surface area (Å²) in [5, 5.41) is 3.35.